The van der Waals surface area contributed by atoms with Crippen molar-refractivity contribution in [2.24, 2.45) is 0 Å². The van der Waals surface area contributed by atoms with Gasteiger partial charge >= 0.3 is 0 Å². The summed E-state index contributed by atoms with van der Waals surface area (Å²) in [6.07, 6.45) is 2.67. The average molecular weight is 501 g/mol. The maximum Gasteiger partial charge on any atom is 0.267 e. The highest BCUT2D eigenvalue weighted by atomic mass is 35.5. The number of aromatic nitrogens is 4. The van der Waals surface area contributed by atoms with Crippen LogP contribution in [0, 0.1) is 13.8 Å². The normalized spacial score (nSPS) is 15.3. The second kappa shape index (κ2) is 10.6. The lowest BCUT2D eigenvalue weighted by molar-refractivity contribution is 0.103. The van der Waals surface area contributed by atoms with Gasteiger partial charge in [0.2, 0.25) is 11.9 Å². The summed E-state index contributed by atoms with van der Waals surface area (Å²) in [4.78, 5) is 35.7. The molecule has 0 radical (unpaired) electrons. The van der Waals surface area contributed by atoms with E-state index >= 15 is 0 Å². The molecule has 34 heavy (non-hydrogen) atoms. The maximum absolute atomic E-state index is 12.7. The minimum Gasteiger partial charge on any atom is -0.338 e. The van der Waals surface area contributed by atoms with Crippen molar-refractivity contribution in [2.45, 2.75) is 40.2 Å². The number of carbonyl (C=O) groups is 1. The van der Waals surface area contributed by atoms with Gasteiger partial charge in [-0.3, -0.25) is 15.0 Å². The number of hydrogen-bond donors (Lipinski definition) is 2. The fourth-order valence-electron chi connectivity index (χ4n) is 3.78. The Morgan fingerprint density at radius 2 is 1.94 bits per heavy atom. The molecule has 1 fully saturated rings. The van der Waals surface area contributed by atoms with Gasteiger partial charge in [-0.2, -0.15) is 15.0 Å². The molecule has 3 aromatic rings. The van der Waals surface area contributed by atoms with E-state index in [1.54, 1.807) is 6.07 Å². The first-order valence-electron chi connectivity index (χ1n) is 11.3. The summed E-state index contributed by atoms with van der Waals surface area (Å²) in [5.74, 6) is 1.42. The van der Waals surface area contributed by atoms with Gasteiger partial charge < -0.3 is 10.2 Å². The Bertz CT molecular complexity index is 1140. The number of hydrogen-bond acceptors (Lipinski definition) is 9. The molecule has 2 N–H and O–H groups in total. The molecule has 1 amide bonds. The molecule has 0 spiro atoms. The van der Waals surface area contributed by atoms with Crippen LogP contribution in [0.25, 0.3) is 0 Å². The first kappa shape index (κ1) is 24.3. The number of aryl methyl sites for hydroxylation is 2. The Hall–Kier alpha value is -2.82. The van der Waals surface area contributed by atoms with Crippen LogP contribution < -0.4 is 15.5 Å². The quantitative estimate of drug-likeness (QED) is 0.488. The van der Waals surface area contributed by atoms with Crippen molar-refractivity contribution in [1.29, 1.82) is 0 Å². The Morgan fingerprint density at radius 1 is 1.18 bits per heavy atom. The minimum atomic E-state index is -0.270. The molecule has 1 unspecified atom stereocenters. The molecule has 1 saturated heterocycles. The van der Waals surface area contributed by atoms with Gasteiger partial charge in [0, 0.05) is 32.2 Å². The number of benzene rings is 1. The lowest BCUT2D eigenvalue weighted by Crippen LogP contribution is -2.50. The zero-order valence-electron chi connectivity index (χ0n) is 19.8. The molecule has 0 bridgehead atoms. The number of piperazine rings is 1. The Balaban J connectivity index is 1.43. The summed E-state index contributed by atoms with van der Waals surface area (Å²) in [5, 5.41) is 7.01. The molecule has 1 aromatic carbocycles. The molecule has 2 aromatic heterocycles. The third-order valence-corrected chi connectivity index (χ3v) is 7.18. The number of para-hydroxylation sites is 1. The predicted molar refractivity (Wildman–Crippen MR) is 138 cm³/mol. The maximum atomic E-state index is 12.7. The van der Waals surface area contributed by atoms with Gasteiger partial charge in [0.1, 0.15) is 10.7 Å². The molecule has 1 aliphatic rings. The van der Waals surface area contributed by atoms with Crippen molar-refractivity contribution >= 4 is 51.6 Å². The van der Waals surface area contributed by atoms with E-state index in [-0.39, 0.29) is 5.91 Å². The summed E-state index contributed by atoms with van der Waals surface area (Å²) in [6, 6.07) is 6.07. The monoisotopic (exact) mass is 500 g/mol. The average Bonchev–Trinajstić information content (AvgIpc) is 3.29. The molecular formula is C23H29ClN8OS. The number of nitrogens with one attached hydrogen (secondary N) is 2. The summed E-state index contributed by atoms with van der Waals surface area (Å²) < 4.78 is 0. The van der Waals surface area contributed by atoms with Crippen molar-refractivity contribution in [3.63, 3.8) is 0 Å². The van der Waals surface area contributed by atoms with Crippen LogP contribution in [-0.4, -0.2) is 63.0 Å². The van der Waals surface area contributed by atoms with E-state index in [1.807, 2.05) is 26.0 Å². The van der Waals surface area contributed by atoms with Crippen LogP contribution in [0.1, 0.15) is 41.3 Å². The first-order valence-corrected chi connectivity index (χ1v) is 12.5. The summed E-state index contributed by atoms with van der Waals surface area (Å²) in [6.45, 7) is 11.9. The fourth-order valence-corrected chi connectivity index (χ4v) is 4.76. The Morgan fingerprint density at radius 3 is 2.65 bits per heavy atom. The largest absolute Gasteiger partial charge is 0.338 e. The molecule has 1 aliphatic heterocycles. The van der Waals surface area contributed by atoms with Crippen molar-refractivity contribution in [1.82, 2.24) is 24.8 Å². The number of amides is 1. The van der Waals surface area contributed by atoms with Gasteiger partial charge in [-0.1, -0.05) is 42.0 Å². The van der Waals surface area contributed by atoms with Gasteiger partial charge in [-0.05, 0) is 38.8 Å². The van der Waals surface area contributed by atoms with Crippen LogP contribution in [-0.2, 0) is 0 Å². The van der Waals surface area contributed by atoms with E-state index in [2.05, 4.69) is 54.2 Å². The van der Waals surface area contributed by atoms with E-state index in [0.29, 0.717) is 44.5 Å². The molecule has 0 aliphatic carbocycles. The van der Waals surface area contributed by atoms with Crippen molar-refractivity contribution in [3.05, 3.63) is 45.7 Å². The second-order valence-corrected chi connectivity index (χ2v) is 9.76. The minimum absolute atomic E-state index is 0.270. The molecule has 4 rings (SSSR count). The molecule has 3 heterocycles. The topological polar surface area (TPSA) is 99.2 Å². The zero-order valence-corrected chi connectivity index (χ0v) is 21.4. The number of thiazole rings is 1. The molecule has 0 saturated carbocycles. The van der Waals surface area contributed by atoms with Gasteiger partial charge in [0.05, 0.1) is 16.9 Å². The second-order valence-electron chi connectivity index (χ2n) is 8.33. The number of carbonyl (C=O) groups excluding carboxylic acids is 1. The first-order chi connectivity index (χ1) is 16.3. The predicted octanol–water partition coefficient (Wildman–Crippen LogP) is 4.51. The van der Waals surface area contributed by atoms with Crippen molar-refractivity contribution < 1.29 is 4.79 Å². The summed E-state index contributed by atoms with van der Waals surface area (Å²) >= 11 is 7.45. The Labute approximate surface area is 208 Å². The molecule has 11 heteroatoms. The van der Waals surface area contributed by atoms with Crippen LogP contribution in [0.3, 0.4) is 0 Å². The lowest BCUT2D eigenvalue weighted by Gasteiger charge is -2.37. The molecular weight excluding hydrogens is 472 g/mol. The number of halogens is 1. The molecule has 180 valence electrons. The van der Waals surface area contributed by atoms with Gasteiger partial charge in [0.15, 0.2) is 5.13 Å². The summed E-state index contributed by atoms with van der Waals surface area (Å²) in [7, 11) is 0. The van der Waals surface area contributed by atoms with Crippen LogP contribution in [0.4, 0.5) is 22.7 Å². The van der Waals surface area contributed by atoms with Crippen molar-refractivity contribution in [2.75, 3.05) is 41.7 Å². The van der Waals surface area contributed by atoms with E-state index in [4.69, 9.17) is 11.6 Å². The molecule has 1 atom stereocenters. The van der Waals surface area contributed by atoms with E-state index in [9.17, 15) is 4.79 Å². The van der Waals surface area contributed by atoms with Crippen LogP contribution in [0.5, 0.6) is 0 Å². The highest BCUT2D eigenvalue weighted by Crippen LogP contribution is 2.28. The third-order valence-electron chi connectivity index (χ3n) is 5.96. The summed E-state index contributed by atoms with van der Waals surface area (Å²) in [5.41, 5.74) is 1.49. The Kier molecular flexibility index (Phi) is 7.60. The highest BCUT2D eigenvalue weighted by Gasteiger charge is 2.23. The number of rotatable bonds is 7. The highest BCUT2D eigenvalue weighted by molar-refractivity contribution is 7.17. The van der Waals surface area contributed by atoms with Crippen LogP contribution in [0.2, 0.25) is 5.02 Å². The fraction of sp³-hybridized carbons (Fsp3) is 0.435. The van der Waals surface area contributed by atoms with Gasteiger partial charge in [0.25, 0.3) is 5.91 Å². The van der Waals surface area contributed by atoms with Gasteiger partial charge in [-0.15, -0.1) is 0 Å². The third kappa shape index (κ3) is 5.63. The van der Waals surface area contributed by atoms with Gasteiger partial charge in [-0.25, -0.2) is 4.98 Å². The van der Waals surface area contributed by atoms with Crippen LogP contribution >= 0.6 is 22.9 Å². The molecule has 9 nitrogen and oxygen atoms in total. The number of nitrogens with zero attached hydrogens (tertiary/aromatic N) is 6. The SMILES string of the molecule is CCC(C)N1CCN(c2nc(C)nc(Nc3ncc(C(=O)Nc4c(C)cccc4Cl)s3)n2)CC1. The van der Waals surface area contributed by atoms with E-state index in [1.165, 1.54) is 17.5 Å². The van der Waals surface area contributed by atoms with Crippen molar-refractivity contribution in [3.8, 4) is 0 Å². The lowest BCUT2D eigenvalue weighted by atomic mass is 10.2. The van der Waals surface area contributed by atoms with E-state index < -0.39 is 0 Å². The van der Waals surface area contributed by atoms with Crippen LogP contribution in [0.15, 0.2) is 24.4 Å². The standard InChI is InChI=1S/C23H29ClN8OS/c1-5-15(3)31-9-11-32(12-10-31)22-27-16(4)26-21(29-22)30-23-25-13-18(34-23)20(33)28-19-14(2)7-6-8-17(19)24/h6-8,13,15H,5,9-12H2,1-4H3,(H,28,33)(H,25,26,27,29,30). The van der Waals surface area contributed by atoms with E-state index in [0.717, 1.165) is 38.2 Å². The number of anilines is 4. The smallest absolute Gasteiger partial charge is 0.267 e. The zero-order chi connectivity index (χ0) is 24.2.